The zero-order chi connectivity index (χ0) is 24.7. The van der Waals surface area contributed by atoms with Crippen LogP contribution in [0.4, 0.5) is 10.5 Å². The number of nitrogens with two attached hydrogens (primary N) is 1. The first-order chi connectivity index (χ1) is 16.4. The van der Waals surface area contributed by atoms with Gasteiger partial charge in [-0.3, -0.25) is 4.79 Å². The Kier molecular flexibility index (Phi) is 9.44. The number of piperidine rings is 2. The second-order valence-electron chi connectivity index (χ2n) is 8.77. The Morgan fingerprint density at radius 3 is 2.62 bits per heavy atom. The topological polar surface area (TPSA) is 106 Å². The van der Waals surface area contributed by atoms with Gasteiger partial charge in [-0.05, 0) is 31.2 Å². The minimum Gasteiger partial charge on any atom is -0.496 e. The third kappa shape index (κ3) is 6.55. The SMILES string of the molecule is C=CCOC(=O)N1CCC(CN2CC[C@@H](NC(=O)c3cc(Cl)c(N)cc3OC)[C@@H](OC)C2)CC1. The summed E-state index contributed by atoms with van der Waals surface area (Å²) in [7, 11) is 3.16. The summed E-state index contributed by atoms with van der Waals surface area (Å²) in [5.74, 6) is 0.619. The lowest BCUT2D eigenvalue weighted by Crippen LogP contribution is -2.55. The lowest BCUT2D eigenvalue weighted by atomic mass is 9.94. The van der Waals surface area contributed by atoms with Crippen molar-refractivity contribution in [2.75, 3.05) is 59.3 Å². The van der Waals surface area contributed by atoms with Crippen molar-refractivity contribution in [3.05, 3.63) is 35.4 Å². The summed E-state index contributed by atoms with van der Waals surface area (Å²) in [6.07, 6.45) is 3.81. The number of hydrogen-bond donors (Lipinski definition) is 2. The van der Waals surface area contributed by atoms with Crippen LogP contribution in [0.15, 0.2) is 24.8 Å². The largest absolute Gasteiger partial charge is 0.496 e. The molecule has 2 amide bonds. The third-order valence-electron chi connectivity index (χ3n) is 6.54. The van der Waals surface area contributed by atoms with Gasteiger partial charge >= 0.3 is 6.09 Å². The fourth-order valence-electron chi connectivity index (χ4n) is 4.60. The molecule has 3 rings (SSSR count). The molecule has 1 aromatic carbocycles. The van der Waals surface area contributed by atoms with Crippen molar-refractivity contribution < 1.29 is 23.8 Å². The number of carbonyl (C=O) groups is 2. The second-order valence-corrected chi connectivity index (χ2v) is 9.18. The quantitative estimate of drug-likeness (QED) is 0.422. The van der Waals surface area contributed by atoms with E-state index in [1.807, 2.05) is 0 Å². The molecule has 9 nitrogen and oxygen atoms in total. The summed E-state index contributed by atoms with van der Waals surface area (Å²) in [5, 5.41) is 3.39. The highest BCUT2D eigenvalue weighted by molar-refractivity contribution is 6.33. The minimum absolute atomic E-state index is 0.128. The number of nitrogens with one attached hydrogen (secondary N) is 1. The van der Waals surface area contributed by atoms with E-state index in [4.69, 9.17) is 31.5 Å². The Labute approximate surface area is 206 Å². The lowest BCUT2D eigenvalue weighted by molar-refractivity contribution is -0.00131. The van der Waals surface area contributed by atoms with Crippen LogP contribution in [0, 0.1) is 5.92 Å². The van der Waals surface area contributed by atoms with Gasteiger partial charge in [0, 0.05) is 45.9 Å². The monoisotopic (exact) mass is 494 g/mol. The van der Waals surface area contributed by atoms with Crippen LogP contribution in [0.5, 0.6) is 5.75 Å². The first-order valence-corrected chi connectivity index (χ1v) is 12.0. The minimum atomic E-state index is -0.270. The molecule has 0 aromatic heterocycles. The molecule has 2 atom stereocenters. The predicted molar refractivity (Wildman–Crippen MR) is 131 cm³/mol. The Hall–Kier alpha value is -2.49. The zero-order valence-corrected chi connectivity index (χ0v) is 20.7. The van der Waals surface area contributed by atoms with Crippen LogP contribution >= 0.6 is 11.6 Å². The number of nitrogen functional groups attached to an aromatic ring is 1. The van der Waals surface area contributed by atoms with Gasteiger partial charge in [0.15, 0.2) is 0 Å². The number of likely N-dealkylation sites (tertiary alicyclic amines) is 2. The van der Waals surface area contributed by atoms with Crippen molar-refractivity contribution in [1.29, 1.82) is 0 Å². The van der Waals surface area contributed by atoms with Gasteiger partial charge in [-0.25, -0.2) is 4.79 Å². The first-order valence-electron chi connectivity index (χ1n) is 11.6. The molecule has 188 valence electrons. The van der Waals surface area contributed by atoms with Crippen LogP contribution in [0.3, 0.4) is 0 Å². The Morgan fingerprint density at radius 2 is 1.97 bits per heavy atom. The molecule has 0 unspecified atom stereocenters. The molecule has 0 bridgehead atoms. The maximum atomic E-state index is 13.0. The average molecular weight is 495 g/mol. The van der Waals surface area contributed by atoms with Crippen molar-refractivity contribution in [2.24, 2.45) is 5.92 Å². The molecule has 2 saturated heterocycles. The fraction of sp³-hybridized carbons (Fsp3) is 0.583. The van der Waals surface area contributed by atoms with Gasteiger partial charge in [-0.15, -0.1) is 0 Å². The van der Waals surface area contributed by atoms with Crippen molar-refractivity contribution in [3.8, 4) is 5.75 Å². The number of anilines is 1. The molecule has 10 heteroatoms. The van der Waals surface area contributed by atoms with Gasteiger partial charge in [0.1, 0.15) is 12.4 Å². The van der Waals surface area contributed by atoms with Crippen LogP contribution in [0.25, 0.3) is 0 Å². The van der Waals surface area contributed by atoms with Gasteiger partial charge in [0.2, 0.25) is 0 Å². The number of ether oxygens (including phenoxy) is 3. The molecule has 0 spiro atoms. The number of rotatable bonds is 8. The number of halogens is 1. The van der Waals surface area contributed by atoms with Crippen LogP contribution in [-0.4, -0.2) is 87.5 Å². The Morgan fingerprint density at radius 1 is 1.24 bits per heavy atom. The molecule has 34 heavy (non-hydrogen) atoms. The standard InChI is InChI=1S/C24H35ClN4O5/c1-4-11-34-24(31)29-9-5-16(6-10-29)14-28-8-7-20(22(15-28)33-3)27-23(30)17-12-18(25)19(26)13-21(17)32-2/h4,12-13,16,20,22H,1,5-11,14-15,26H2,2-3H3,(H,27,30)/t20-,22+/m1/s1. The molecule has 0 aliphatic carbocycles. The number of nitrogens with zero attached hydrogens (tertiary/aromatic N) is 2. The molecule has 3 N–H and O–H groups in total. The van der Waals surface area contributed by atoms with Gasteiger partial charge in [0.25, 0.3) is 5.91 Å². The van der Waals surface area contributed by atoms with E-state index in [0.717, 1.165) is 38.9 Å². The van der Waals surface area contributed by atoms with Gasteiger partial charge in [0.05, 0.1) is 35.5 Å². The first kappa shape index (κ1) is 26.1. The zero-order valence-electron chi connectivity index (χ0n) is 19.9. The van der Waals surface area contributed by atoms with Crippen molar-refractivity contribution in [1.82, 2.24) is 15.1 Å². The van der Waals surface area contributed by atoms with E-state index < -0.39 is 0 Å². The molecular formula is C24H35ClN4O5. The average Bonchev–Trinajstić information content (AvgIpc) is 2.85. The van der Waals surface area contributed by atoms with E-state index >= 15 is 0 Å². The predicted octanol–water partition coefficient (Wildman–Crippen LogP) is 2.78. The number of hydrogen-bond acceptors (Lipinski definition) is 7. The smallest absolute Gasteiger partial charge is 0.410 e. The normalized spacial score (nSPS) is 21.7. The number of amides is 2. The molecule has 0 radical (unpaired) electrons. The molecule has 1 aromatic rings. The molecule has 0 saturated carbocycles. The maximum Gasteiger partial charge on any atom is 0.410 e. The summed E-state index contributed by atoms with van der Waals surface area (Å²) in [5.41, 5.74) is 6.53. The van der Waals surface area contributed by atoms with Gasteiger partial charge in [-0.1, -0.05) is 24.3 Å². The van der Waals surface area contributed by atoms with Gasteiger partial charge < -0.3 is 35.1 Å². The Bertz CT molecular complexity index is 875. The molecule has 2 fully saturated rings. The second kappa shape index (κ2) is 12.3. The van der Waals surface area contributed by atoms with E-state index in [0.29, 0.717) is 41.0 Å². The molecule has 2 aliphatic heterocycles. The summed E-state index contributed by atoms with van der Waals surface area (Å²) in [4.78, 5) is 29.1. The molecule has 2 heterocycles. The van der Waals surface area contributed by atoms with E-state index in [1.165, 1.54) is 13.2 Å². The highest BCUT2D eigenvalue weighted by Crippen LogP contribution is 2.29. The number of benzene rings is 1. The van der Waals surface area contributed by atoms with E-state index in [1.54, 1.807) is 24.2 Å². The highest BCUT2D eigenvalue weighted by Gasteiger charge is 2.33. The van der Waals surface area contributed by atoms with Crippen LogP contribution in [-0.2, 0) is 9.47 Å². The maximum absolute atomic E-state index is 13.0. The molecule has 2 aliphatic rings. The summed E-state index contributed by atoms with van der Waals surface area (Å²) in [6, 6.07) is 2.95. The van der Waals surface area contributed by atoms with Gasteiger partial charge in [-0.2, -0.15) is 0 Å². The fourth-order valence-corrected chi connectivity index (χ4v) is 4.76. The molecular weight excluding hydrogens is 460 g/mol. The number of methoxy groups -OCH3 is 2. The van der Waals surface area contributed by atoms with Crippen molar-refractivity contribution in [2.45, 2.75) is 31.4 Å². The van der Waals surface area contributed by atoms with E-state index in [9.17, 15) is 9.59 Å². The summed E-state index contributed by atoms with van der Waals surface area (Å²) >= 11 is 6.12. The summed E-state index contributed by atoms with van der Waals surface area (Å²) < 4.78 is 16.2. The van der Waals surface area contributed by atoms with Crippen molar-refractivity contribution >= 4 is 29.3 Å². The Balaban J connectivity index is 1.51. The van der Waals surface area contributed by atoms with Crippen LogP contribution < -0.4 is 15.8 Å². The lowest BCUT2D eigenvalue weighted by Gasteiger charge is -2.40. The van der Waals surface area contributed by atoms with Crippen LogP contribution in [0.1, 0.15) is 29.6 Å². The van der Waals surface area contributed by atoms with Crippen LogP contribution in [0.2, 0.25) is 5.02 Å². The highest BCUT2D eigenvalue weighted by atomic mass is 35.5. The summed E-state index contributed by atoms with van der Waals surface area (Å²) in [6.45, 7) is 7.73. The number of carbonyl (C=O) groups excluding carboxylic acids is 2. The van der Waals surface area contributed by atoms with Crippen molar-refractivity contribution in [3.63, 3.8) is 0 Å². The van der Waals surface area contributed by atoms with E-state index in [-0.39, 0.29) is 30.8 Å². The van der Waals surface area contributed by atoms with E-state index in [2.05, 4.69) is 16.8 Å². The third-order valence-corrected chi connectivity index (χ3v) is 6.87.